The van der Waals surface area contributed by atoms with Gasteiger partial charge in [0.15, 0.2) is 11.0 Å². The van der Waals surface area contributed by atoms with E-state index in [4.69, 9.17) is 0 Å². The first-order chi connectivity index (χ1) is 14.4. The molecule has 0 spiro atoms. The number of halogens is 2. The van der Waals surface area contributed by atoms with Gasteiger partial charge in [0.25, 0.3) is 5.91 Å². The summed E-state index contributed by atoms with van der Waals surface area (Å²) in [4.78, 5) is 12.2. The lowest BCUT2D eigenvalue weighted by atomic mass is 10.1. The number of benzene rings is 2. The van der Waals surface area contributed by atoms with Crippen molar-refractivity contribution >= 4 is 55.7 Å². The van der Waals surface area contributed by atoms with Gasteiger partial charge in [-0.05, 0) is 41.9 Å². The van der Waals surface area contributed by atoms with E-state index >= 15 is 0 Å². The van der Waals surface area contributed by atoms with E-state index in [2.05, 4.69) is 52.6 Å². The van der Waals surface area contributed by atoms with Crippen molar-refractivity contribution in [1.29, 1.82) is 0 Å². The van der Waals surface area contributed by atoms with Crippen LogP contribution >= 0.6 is 43.6 Å². The molecule has 1 heterocycles. The second-order valence-corrected chi connectivity index (χ2v) is 9.04. The number of aromatic nitrogens is 3. The fourth-order valence-corrected chi connectivity index (χ4v) is 4.67. The quantitative estimate of drug-likeness (QED) is 0.251. The molecule has 0 aliphatic heterocycles. The molecule has 2 aromatic carbocycles. The Hall–Kier alpha value is -2.17. The molecule has 7 nitrogen and oxygen atoms in total. The van der Waals surface area contributed by atoms with E-state index in [-0.39, 0.29) is 17.4 Å². The Labute approximate surface area is 195 Å². The first-order valence-corrected chi connectivity index (χ1v) is 11.6. The van der Waals surface area contributed by atoms with Crippen LogP contribution in [0.15, 0.2) is 55.6 Å². The number of hydrogen-bond donors (Lipinski definition) is 2. The number of hydrogen-bond acceptors (Lipinski definition) is 6. The first-order valence-electron chi connectivity index (χ1n) is 9.02. The number of thioether (sulfide) groups is 1. The van der Waals surface area contributed by atoms with Gasteiger partial charge >= 0.3 is 0 Å². The normalized spacial score (nSPS) is 11.2. The molecule has 3 aromatic rings. The van der Waals surface area contributed by atoms with Gasteiger partial charge in [0.05, 0.1) is 16.4 Å². The fraction of sp³-hybridized carbons (Fsp3) is 0.200. The summed E-state index contributed by atoms with van der Waals surface area (Å²) in [5, 5.41) is 23.1. The molecule has 0 aliphatic carbocycles. The molecule has 156 valence electrons. The van der Waals surface area contributed by atoms with Crippen molar-refractivity contribution in [3.8, 4) is 17.1 Å². The van der Waals surface area contributed by atoms with Crippen LogP contribution in [0.5, 0.6) is 5.75 Å². The van der Waals surface area contributed by atoms with Gasteiger partial charge in [0, 0.05) is 22.1 Å². The summed E-state index contributed by atoms with van der Waals surface area (Å²) < 4.78 is 3.28. The van der Waals surface area contributed by atoms with Gasteiger partial charge in [-0.3, -0.25) is 4.79 Å². The number of phenols is 1. The predicted octanol–water partition coefficient (Wildman–Crippen LogP) is 4.75. The molecule has 0 bridgehead atoms. The number of nitrogens with zero attached hydrogens (tertiary/aromatic N) is 4. The Balaban J connectivity index is 1.62. The third-order valence-corrected chi connectivity index (χ3v) is 6.15. The maximum absolute atomic E-state index is 12.2. The average molecular weight is 553 g/mol. The molecule has 1 aromatic heterocycles. The maximum Gasteiger partial charge on any atom is 0.250 e. The van der Waals surface area contributed by atoms with E-state index in [9.17, 15) is 9.90 Å². The molecule has 0 unspecified atom stereocenters. The van der Waals surface area contributed by atoms with Gasteiger partial charge in [0.2, 0.25) is 0 Å². The zero-order chi connectivity index (χ0) is 21.7. The topological polar surface area (TPSA) is 92.4 Å². The van der Waals surface area contributed by atoms with E-state index in [0.717, 1.165) is 15.9 Å². The Kier molecular flexibility index (Phi) is 7.68. The summed E-state index contributed by atoms with van der Waals surface area (Å²) in [5.41, 5.74) is 5.09. The van der Waals surface area contributed by atoms with Crippen LogP contribution in [-0.4, -0.2) is 37.7 Å². The van der Waals surface area contributed by atoms with Gasteiger partial charge in [-0.15, -0.1) is 10.2 Å². The second-order valence-electron chi connectivity index (χ2n) is 6.32. The average Bonchev–Trinajstić information content (AvgIpc) is 3.13. The van der Waals surface area contributed by atoms with Crippen molar-refractivity contribution < 1.29 is 9.90 Å². The van der Waals surface area contributed by atoms with Crippen LogP contribution in [0.1, 0.15) is 18.1 Å². The summed E-state index contributed by atoms with van der Waals surface area (Å²) in [5.74, 6) is 0.670. The standard InChI is InChI=1S/C20H19Br2N5O2S/c1-3-27-19(13-6-4-12(2)5-7-13)25-26-20(27)30-11-17(28)24-23-10-14-8-15(21)9-16(22)18(14)29/h4-10,29H,3,11H2,1-2H3,(H,24,28). The SMILES string of the molecule is CCn1c(SCC(=O)NN=Cc2cc(Br)cc(Br)c2O)nnc1-c1ccc(C)cc1. The zero-order valence-electron chi connectivity index (χ0n) is 16.3. The lowest BCUT2D eigenvalue weighted by Crippen LogP contribution is -2.20. The van der Waals surface area contributed by atoms with Crippen LogP contribution in [0.25, 0.3) is 11.4 Å². The molecule has 2 N–H and O–H groups in total. The summed E-state index contributed by atoms with van der Waals surface area (Å²) in [6.07, 6.45) is 1.39. The number of amides is 1. The number of nitrogens with one attached hydrogen (secondary N) is 1. The molecule has 10 heteroatoms. The molecule has 0 fully saturated rings. The second kappa shape index (κ2) is 10.2. The minimum Gasteiger partial charge on any atom is -0.506 e. The van der Waals surface area contributed by atoms with E-state index in [1.807, 2.05) is 42.7 Å². The van der Waals surface area contributed by atoms with Crippen LogP contribution in [0.4, 0.5) is 0 Å². The molecule has 0 atom stereocenters. The van der Waals surface area contributed by atoms with E-state index in [1.165, 1.54) is 23.5 Å². The Morgan fingerprint density at radius 2 is 2.00 bits per heavy atom. The molecule has 3 rings (SSSR count). The van der Waals surface area contributed by atoms with Gasteiger partial charge in [-0.1, -0.05) is 57.5 Å². The minimum absolute atomic E-state index is 0.0465. The Morgan fingerprint density at radius 3 is 2.70 bits per heavy atom. The molecular formula is C20H19Br2N5O2S. The lowest BCUT2D eigenvalue weighted by molar-refractivity contribution is -0.118. The lowest BCUT2D eigenvalue weighted by Gasteiger charge is -2.07. The number of carbonyl (C=O) groups excluding carboxylic acids is 1. The highest BCUT2D eigenvalue weighted by Gasteiger charge is 2.14. The molecule has 0 radical (unpaired) electrons. The monoisotopic (exact) mass is 551 g/mol. The molecule has 0 saturated heterocycles. The number of phenolic OH excluding ortho intramolecular Hbond substituents is 1. The van der Waals surface area contributed by atoms with Crippen LogP contribution in [-0.2, 0) is 11.3 Å². The van der Waals surface area contributed by atoms with Crippen molar-refractivity contribution in [3.63, 3.8) is 0 Å². The Morgan fingerprint density at radius 1 is 1.27 bits per heavy atom. The van der Waals surface area contributed by atoms with Gasteiger partial charge in [-0.2, -0.15) is 5.10 Å². The predicted molar refractivity (Wildman–Crippen MR) is 126 cm³/mol. The van der Waals surface area contributed by atoms with E-state index in [0.29, 0.717) is 21.7 Å². The first kappa shape index (κ1) is 22.5. The van der Waals surface area contributed by atoms with Crippen molar-refractivity contribution in [2.45, 2.75) is 25.5 Å². The minimum atomic E-state index is -0.285. The maximum atomic E-state index is 12.2. The molecular weight excluding hydrogens is 534 g/mol. The highest BCUT2D eigenvalue weighted by Crippen LogP contribution is 2.30. The van der Waals surface area contributed by atoms with Gasteiger partial charge < -0.3 is 9.67 Å². The highest BCUT2D eigenvalue weighted by atomic mass is 79.9. The molecule has 30 heavy (non-hydrogen) atoms. The molecule has 1 amide bonds. The third-order valence-electron chi connectivity index (χ3n) is 4.13. The Bertz CT molecular complexity index is 1080. The molecule has 0 saturated carbocycles. The van der Waals surface area contributed by atoms with Crippen molar-refractivity contribution in [2.24, 2.45) is 5.10 Å². The van der Waals surface area contributed by atoms with Crippen LogP contribution in [0.2, 0.25) is 0 Å². The number of aryl methyl sites for hydroxylation is 1. The zero-order valence-corrected chi connectivity index (χ0v) is 20.3. The van der Waals surface area contributed by atoms with Crippen molar-refractivity contribution in [1.82, 2.24) is 20.2 Å². The summed E-state index contributed by atoms with van der Waals surface area (Å²) in [6.45, 7) is 4.74. The van der Waals surface area contributed by atoms with Crippen LogP contribution in [0, 0.1) is 6.92 Å². The van der Waals surface area contributed by atoms with Crippen molar-refractivity contribution in [2.75, 3.05) is 5.75 Å². The largest absolute Gasteiger partial charge is 0.506 e. The smallest absolute Gasteiger partial charge is 0.250 e. The summed E-state index contributed by atoms with van der Waals surface area (Å²) in [6, 6.07) is 11.5. The van der Waals surface area contributed by atoms with Gasteiger partial charge in [0.1, 0.15) is 5.75 Å². The fourth-order valence-electron chi connectivity index (χ4n) is 2.62. The summed E-state index contributed by atoms with van der Waals surface area (Å²) in [7, 11) is 0. The number of aromatic hydroxyl groups is 1. The van der Waals surface area contributed by atoms with E-state index in [1.54, 1.807) is 12.1 Å². The third kappa shape index (κ3) is 5.50. The van der Waals surface area contributed by atoms with Crippen molar-refractivity contribution in [3.05, 3.63) is 56.5 Å². The van der Waals surface area contributed by atoms with Crippen LogP contribution < -0.4 is 5.43 Å². The highest BCUT2D eigenvalue weighted by molar-refractivity contribution is 9.11. The number of carbonyl (C=O) groups is 1. The summed E-state index contributed by atoms with van der Waals surface area (Å²) >= 11 is 7.89. The number of rotatable bonds is 7. The van der Waals surface area contributed by atoms with Crippen LogP contribution in [0.3, 0.4) is 0 Å². The van der Waals surface area contributed by atoms with E-state index < -0.39 is 0 Å². The molecule has 0 aliphatic rings. The number of hydrazone groups is 1. The van der Waals surface area contributed by atoms with Gasteiger partial charge in [-0.25, -0.2) is 5.43 Å².